The standard InChI is InChI=1S/C20H26N4OS/c1-20(2,3)18-21-22-19(26-18)24-11-9-16(13-24)17(25)23-10-8-14-6-4-5-7-15(14)12-23/h4-7,16H,8-13H2,1-3H3. The Kier molecular flexibility index (Phi) is 4.47. The van der Waals surface area contributed by atoms with E-state index in [0.717, 1.165) is 49.2 Å². The first kappa shape index (κ1) is 17.5. The summed E-state index contributed by atoms with van der Waals surface area (Å²) in [5, 5.41) is 10.7. The van der Waals surface area contributed by atoms with Crippen molar-refractivity contribution in [3.8, 4) is 0 Å². The van der Waals surface area contributed by atoms with Crippen LogP contribution in [0, 0.1) is 5.92 Å². The van der Waals surface area contributed by atoms with E-state index in [2.05, 4.69) is 60.1 Å². The van der Waals surface area contributed by atoms with Gasteiger partial charge >= 0.3 is 0 Å². The number of anilines is 1. The van der Waals surface area contributed by atoms with E-state index in [0.29, 0.717) is 5.91 Å². The molecule has 2 aliphatic rings. The third-order valence-electron chi connectivity index (χ3n) is 5.31. The van der Waals surface area contributed by atoms with Crippen molar-refractivity contribution in [1.29, 1.82) is 0 Å². The van der Waals surface area contributed by atoms with Gasteiger partial charge < -0.3 is 9.80 Å². The molecule has 0 N–H and O–H groups in total. The maximum Gasteiger partial charge on any atom is 0.227 e. The molecule has 1 aromatic heterocycles. The zero-order valence-corrected chi connectivity index (χ0v) is 16.6. The van der Waals surface area contributed by atoms with Gasteiger partial charge in [-0.25, -0.2) is 0 Å². The van der Waals surface area contributed by atoms with Crippen molar-refractivity contribution in [2.75, 3.05) is 24.5 Å². The van der Waals surface area contributed by atoms with Gasteiger partial charge in [-0.3, -0.25) is 4.79 Å². The average Bonchev–Trinajstić information content (AvgIpc) is 3.29. The Morgan fingerprint density at radius 3 is 2.65 bits per heavy atom. The van der Waals surface area contributed by atoms with E-state index in [1.54, 1.807) is 11.3 Å². The number of rotatable bonds is 2. The molecule has 1 atom stereocenters. The second-order valence-electron chi connectivity index (χ2n) is 8.35. The quantitative estimate of drug-likeness (QED) is 0.814. The second-order valence-corrected chi connectivity index (χ2v) is 9.31. The van der Waals surface area contributed by atoms with Gasteiger partial charge in [0.25, 0.3) is 0 Å². The van der Waals surface area contributed by atoms with Crippen LogP contribution in [-0.4, -0.2) is 40.6 Å². The third-order valence-corrected chi connectivity index (χ3v) is 6.72. The zero-order chi connectivity index (χ0) is 18.3. The molecule has 6 heteroatoms. The van der Waals surface area contributed by atoms with Gasteiger partial charge in [0.1, 0.15) is 5.01 Å². The number of carbonyl (C=O) groups is 1. The second kappa shape index (κ2) is 6.65. The van der Waals surface area contributed by atoms with E-state index >= 15 is 0 Å². The minimum atomic E-state index is 0.0199. The minimum Gasteiger partial charge on any atom is -0.346 e. The lowest BCUT2D eigenvalue weighted by atomic mass is 9.98. The largest absolute Gasteiger partial charge is 0.346 e. The first-order valence-electron chi connectivity index (χ1n) is 9.36. The van der Waals surface area contributed by atoms with Gasteiger partial charge in [0, 0.05) is 31.6 Å². The molecule has 26 heavy (non-hydrogen) atoms. The van der Waals surface area contributed by atoms with Crippen molar-refractivity contribution >= 4 is 22.4 Å². The first-order chi connectivity index (χ1) is 12.4. The molecule has 4 rings (SSSR count). The smallest absolute Gasteiger partial charge is 0.227 e. The van der Waals surface area contributed by atoms with Crippen LogP contribution in [0.5, 0.6) is 0 Å². The van der Waals surface area contributed by atoms with Crippen LogP contribution in [0.2, 0.25) is 0 Å². The molecule has 2 aromatic rings. The number of fused-ring (bicyclic) bond motifs is 1. The van der Waals surface area contributed by atoms with Crippen molar-refractivity contribution in [3.05, 3.63) is 40.4 Å². The molecule has 1 unspecified atom stereocenters. The fourth-order valence-corrected chi connectivity index (χ4v) is 4.66. The summed E-state index contributed by atoms with van der Waals surface area (Å²) in [5.74, 6) is 0.366. The van der Waals surface area contributed by atoms with Gasteiger partial charge in [0.15, 0.2) is 0 Å². The number of nitrogens with zero attached hydrogens (tertiary/aromatic N) is 4. The number of aromatic nitrogens is 2. The normalized spacial score (nSPS) is 20.3. The van der Waals surface area contributed by atoms with E-state index < -0.39 is 0 Å². The molecule has 1 aromatic carbocycles. The first-order valence-corrected chi connectivity index (χ1v) is 10.2. The Hall–Kier alpha value is -1.95. The highest BCUT2D eigenvalue weighted by Crippen LogP contribution is 2.33. The van der Waals surface area contributed by atoms with Crippen LogP contribution in [0.3, 0.4) is 0 Å². The SMILES string of the molecule is CC(C)(C)c1nnc(N2CCC(C(=O)N3CCc4ccccc4C3)C2)s1. The molecule has 2 aliphatic heterocycles. The van der Waals surface area contributed by atoms with Gasteiger partial charge in [0.2, 0.25) is 11.0 Å². The van der Waals surface area contributed by atoms with E-state index in [4.69, 9.17) is 0 Å². The fraction of sp³-hybridized carbons (Fsp3) is 0.550. The highest BCUT2D eigenvalue weighted by Gasteiger charge is 2.34. The molecule has 5 nitrogen and oxygen atoms in total. The summed E-state index contributed by atoms with van der Waals surface area (Å²) in [6.07, 6.45) is 1.87. The van der Waals surface area contributed by atoms with E-state index in [1.807, 2.05) is 4.90 Å². The predicted octanol–water partition coefficient (Wildman–Crippen LogP) is 3.25. The van der Waals surface area contributed by atoms with Crippen LogP contribution in [0.25, 0.3) is 0 Å². The summed E-state index contributed by atoms with van der Waals surface area (Å²) in [6.45, 7) is 9.69. The Bertz CT molecular complexity index is 810. The number of hydrogen-bond donors (Lipinski definition) is 0. The Labute approximate surface area is 159 Å². The Morgan fingerprint density at radius 2 is 1.92 bits per heavy atom. The molecule has 0 saturated carbocycles. The van der Waals surface area contributed by atoms with Crippen molar-refractivity contribution < 1.29 is 4.79 Å². The van der Waals surface area contributed by atoms with Gasteiger partial charge in [-0.15, -0.1) is 10.2 Å². The van der Waals surface area contributed by atoms with E-state index in [-0.39, 0.29) is 11.3 Å². The van der Waals surface area contributed by atoms with Gasteiger partial charge in [-0.2, -0.15) is 0 Å². The number of hydrogen-bond acceptors (Lipinski definition) is 5. The van der Waals surface area contributed by atoms with E-state index in [9.17, 15) is 4.79 Å². The molecular formula is C20H26N4OS. The van der Waals surface area contributed by atoms with E-state index in [1.165, 1.54) is 11.1 Å². The lowest BCUT2D eigenvalue weighted by Gasteiger charge is -2.30. The van der Waals surface area contributed by atoms with Crippen LogP contribution in [-0.2, 0) is 23.2 Å². The molecule has 0 aliphatic carbocycles. The highest BCUT2D eigenvalue weighted by atomic mass is 32.1. The van der Waals surface area contributed by atoms with Crippen molar-refractivity contribution in [2.45, 2.75) is 45.6 Å². The predicted molar refractivity (Wildman–Crippen MR) is 104 cm³/mol. The molecule has 1 amide bonds. The molecule has 0 spiro atoms. The summed E-state index contributed by atoms with van der Waals surface area (Å²) in [6, 6.07) is 8.47. The topological polar surface area (TPSA) is 49.3 Å². The summed E-state index contributed by atoms with van der Waals surface area (Å²) >= 11 is 1.66. The lowest BCUT2D eigenvalue weighted by molar-refractivity contribution is -0.135. The molecule has 0 radical (unpaired) electrons. The van der Waals surface area contributed by atoms with Gasteiger partial charge in [-0.05, 0) is 24.0 Å². The van der Waals surface area contributed by atoms with Crippen LogP contribution in [0.1, 0.15) is 43.3 Å². The summed E-state index contributed by atoms with van der Waals surface area (Å²) in [5.41, 5.74) is 2.69. The molecule has 0 bridgehead atoms. The molecule has 138 valence electrons. The maximum absolute atomic E-state index is 13.0. The summed E-state index contributed by atoms with van der Waals surface area (Å²) in [4.78, 5) is 17.3. The van der Waals surface area contributed by atoms with Crippen molar-refractivity contribution in [2.24, 2.45) is 5.92 Å². The highest BCUT2D eigenvalue weighted by molar-refractivity contribution is 7.15. The van der Waals surface area contributed by atoms with Crippen molar-refractivity contribution in [3.63, 3.8) is 0 Å². The number of benzene rings is 1. The molecule has 3 heterocycles. The number of carbonyl (C=O) groups excluding carboxylic acids is 1. The number of amides is 1. The minimum absolute atomic E-state index is 0.0199. The van der Waals surface area contributed by atoms with Crippen LogP contribution in [0.4, 0.5) is 5.13 Å². The van der Waals surface area contributed by atoms with Gasteiger partial charge in [0.05, 0.1) is 5.92 Å². The maximum atomic E-state index is 13.0. The monoisotopic (exact) mass is 370 g/mol. The lowest BCUT2D eigenvalue weighted by Crippen LogP contribution is -2.40. The molecule has 1 fully saturated rings. The Morgan fingerprint density at radius 1 is 1.15 bits per heavy atom. The van der Waals surface area contributed by atoms with Crippen LogP contribution >= 0.6 is 11.3 Å². The zero-order valence-electron chi connectivity index (χ0n) is 15.7. The molecule has 1 saturated heterocycles. The summed E-state index contributed by atoms with van der Waals surface area (Å²) in [7, 11) is 0. The molecular weight excluding hydrogens is 344 g/mol. The van der Waals surface area contributed by atoms with Crippen molar-refractivity contribution in [1.82, 2.24) is 15.1 Å². The van der Waals surface area contributed by atoms with Gasteiger partial charge in [-0.1, -0.05) is 56.4 Å². The summed E-state index contributed by atoms with van der Waals surface area (Å²) < 4.78 is 0. The third kappa shape index (κ3) is 3.34. The van der Waals surface area contributed by atoms with Crippen LogP contribution in [0.15, 0.2) is 24.3 Å². The fourth-order valence-electron chi connectivity index (χ4n) is 3.72. The average molecular weight is 371 g/mol. The van der Waals surface area contributed by atoms with Crippen LogP contribution < -0.4 is 4.90 Å². The Balaban J connectivity index is 1.41.